The SMILES string of the molecule is C1CC1.COC(=O)C(C)(F)Cc1cccc(CBr)c1. The van der Waals surface area contributed by atoms with Crippen molar-refractivity contribution in [3.05, 3.63) is 35.4 Å². The summed E-state index contributed by atoms with van der Waals surface area (Å²) in [6.45, 7) is 1.24. The first-order valence-corrected chi connectivity index (χ1v) is 7.53. The van der Waals surface area contributed by atoms with Gasteiger partial charge in [0.2, 0.25) is 5.67 Å². The zero-order chi connectivity index (χ0) is 14.3. The third kappa shape index (κ3) is 6.19. The molecular formula is C15H20BrFO2. The Bertz CT molecular complexity index is 414. The van der Waals surface area contributed by atoms with Gasteiger partial charge in [-0.25, -0.2) is 9.18 Å². The summed E-state index contributed by atoms with van der Waals surface area (Å²) in [5.41, 5.74) is -0.134. The minimum atomic E-state index is -1.97. The molecule has 0 N–H and O–H groups in total. The normalized spacial score (nSPS) is 15.8. The van der Waals surface area contributed by atoms with Gasteiger partial charge in [0, 0.05) is 11.8 Å². The molecule has 1 aliphatic rings. The lowest BCUT2D eigenvalue weighted by Crippen LogP contribution is -2.33. The number of carbonyl (C=O) groups excluding carboxylic acids is 1. The van der Waals surface area contributed by atoms with E-state index in [1.807, 2.05) is 18.2 Å². The molecule has 106 valence electrons. The van der Waals surface area contributed by atoms with Gasteiger partial charge < -0.3 is 4.74 Å². The summed E-state index contributed by atoms with van der Waals surface area (Å²) in [6, 6.07) is 7.45. The molecule has 0 aromatic heterocycles. The maximum atomic E-state index is 13.9. The minimum Gasteiger partial charge on any atom is -0.467 e. The predicted molar refractivity (Wildman–Crippen MR) is 78.2 cm³/mol. The molecule has 2 rings (SSSR count). The number of methoxy groups -OCH3 is 1. The molecule has 0 bridgehead atoms. The van der Waals surface area contributed by atoms with Crippen molar-refractivity contribution < 1.29 is 13.9 Å². The van der Waals surface area contributed by atoms with Crippen molar-refractivity contribution >= 4 is 21.9 Å². The molecule has 1 unspecified atom stereocenters. The van der Waals surface area contributed by atoms with Gasteiger partial charge >= 0.3 is 5.97 Å². The number of hydrogen-bond acceptors (Lipinski definition) is 2. The molecule has 0 radical (unpaired) electrons. The first-order chi connectivity index (χ1) is 8.99. The van der Waals surface area contributed by atoms with E-state index in [1.165, 1.54) is 33.3 Å². The number of carbonyl (C=O) groups is 1. The first-order valence-electron chi connectivity index (χ1n) is 6.40. The molecule has 0 saturated heterocycles. The second-order valence-corrected chi connectivity index (χ2v) is 5.44. The van der Waals surface area contributed by atoms with Crippen LogP contribution in [0.5, 0.6) is 0 Å². The fourth-order valence-electron chi connectivity index (χ4n) is 1.49. The quantitative estimate of drug-likeness (QED) is 0.611. The van der Waals surface area contributed by atoms with Crippen LogP contribution in [-0.2, 0) is 21.3 Å². The molecular weight excluding hydrogens is 311 g/mol. The highest BCUT2D eigenvalue weighted by Crippen LogP contribution is 2.20. The van der Waals surface area contributed by atoms with Gasteiger partial charge in [-0.15, -0.1) is 0 Å². The third-order valence-corrected chi connectivity index (χ3v) is 3.29. The van der Waals surface area contributed by atoms with Crippen LogP contribution in [0.3, 0.4) is 0 Å². The van der Waals surface area contributed by atoms with Crippen LogP contribution in [-0.4, -0.2) is 18.7 Å². The summed E-state index contributed by atoms with van der Waals surface area (Å²) in [7, 11) is 1.19. The number of ether oxygens (including phenoxy) is 1. The van der Waals surface area contributed by atoms with Gasteiger partial charge in [-0.05, 0) is 18.1 Å². The molecule has 1 aromatic carbocycles. The summed E-state index contributed by atoms with van der Waals surface area (Å²) < 4.78 is 18.3. The molecule has 0 amide bonds. The highest BCUT2D eigenvalue weighted by atomic mass is 79.9. The molecule has 2 nitrogen and oxygen atoms in total. The molecule has 4 heteroatoms. The van der Waals surface area contributed by atoms with E-state index in [0.29, 0.717) is 5.33 Å². The van der Waals surface area contributed by atoms with E-state index >= 15 is 0 Å². The molecule has 19 heavy (non-hydrogen) atoms. The van der Waals surface area contributed by atoms with E-state index < -0.39 is 11.6 Å². The van der Waals surface area contributed by atoms with Crippen molar-refractivity contribution in [3.8, 4) is 0 Å². The minimum absolute atomic E-state index is 0.0283. The Labute approximate surface area is 122 Å². The van der Waals surface area contributed by atoms with Crippen LogP contribution in [0, 0.1) is 0 Å². The van der Waals surface area contributed by atoms with E-state index in [4.69, 9.17) is 0 Å². The van der Waals surface area contributed by atoms with Gasteiger partial charge in [-0.3, -0.25) is 0 Å². The number of halogens is 2. The van der Waals surface area contributed by atoms with Gasteiger partial charge in [0.15, 0.2) is 0 Å². The number of hydrogen-bond donors (Lipinski definition) is 0. The molecule has 0 spiro atoms. The molecule has 0 heterocycles. The zero-order valence-electron chi connectivity index (χ0n) is 11.4. The molecule has 1 saturated carbocycles. The monoisotopic (exact) mass is 330 g/mol. The average Bonchev–Trinajstić information content (AvgIpc) is 3.25. The summed E-state index contributed by atoms with van der Waals surface area (Å²) in [4.78, 5) is 11.2. The Morgan fingerprint density at radius 1 is 1.37 bits per heavy atom. The fraction of sp³-hybridized carbons (Fsp3) is 0.533. The lowest BCUT2D eigenvalue weighted by molar-refractivity contribution is -0.153. The molecule has 1 aliphatic carbocycles. The zero-order valence-corrected chi connectivity index (χ0v) is 13.0. The van der Waals surface area contributed by atoms with Crippen LogP contribution < -0.4 is 0 Å². The highest BCUT2D eigenvalue weighted by molar-refractivity contribution is 9.08. The maximum absolute atomic E-state index is 13.9. The Hall–Kier alpha value is -0.900. The Kier molecular flexibility index (Phi) is 6.49. The number of rotatable bonds is 4. The van der Waals surface area contributed by atoms with Gasteiger partial charge in [-0.1, -0.05) is 59.5 Å². The Morgan fingerprint density at radius 3 is 2.42 bits per heavy atom. The summed E-state index contributed by atoms with van der Waals surface area (Å²) in [6.07, 6.45) is 4.53. The van der Waals surface area contributed by atoms with Crippen LogP contribution in [0.25, 0.3) is 0 Å². The van der Waals surface area contributed by atoms with E-state index in [9.17, 15) is 9.18 Å². The Morgan fingerprint density at radius 2 is 1.95 bits per heavy atom. The Balaban J connectivity index is 0.000000524. The van der Waals surface area contributed by atoms with Crippen LogP contribution in [0.2, 0.25) is 0 Å². The van der Waals surface area contributed by atoms with Crippen LogP contribution in [0.15, 0.2) is 24.3 Å². The smallest absolute Gasteiger partial charge is 0.343 e. The summed E-state index contributed by atoms with van der Waals surface area (Å²) >= 11 is 3.33. The van der Waals surface area contributed by atoms with Crippen molar-refractivity contribution in [2.75, 3.05) is 7.11 Å². The maximum Gasteiger partial charge on any atom is 0.343 e. The number of benzene rings is 1. The largest absolute Gasteiger partial charge is 0.467 e. The van der Waals surface area contributed by atoms with Crippen LogP contribution >= 0.6 is 15.9 Å². The molecule has 0 aliphatic heterocycles. The lowest BCUT2D eigenvalue weighted by Gasteiger charge is -2.17. The van der Waals surface area contributed by atoms with Crippen molar-refractivity contribution in [1.82, 2.24) is 0 Å². The standard InChI is InChI=1S/C12H14BrFO2.C3H6/c1-12(14,11(15)16-2)7-9-4-3-5-10(6-9)8-13;1-2-3-1/h3-6H,7-8H2,1-2H3;1-3H2. The molecule has 1 atom stereocenters. The molecule has 1 fully saturated rings. The van der Waals surface area contributed by atoms with Crippen molar-refractivity contribution in [3.63, 3.8) is 0 Å². The van der Waals surface area contributed by atoms with Crippen molar-refractivity contribution in [1.29, 1.82) is 0 Å². The summed E-state index contributed by atoms with van der Waals surface area (Å²) in [5, 5.41) is 0.710. The number of alkyl halides is 2. The predicted octanol–water partition coefficient (Wildman–Crippen LogP) is 4.20. The van der Waals surface area contributed by atoms with E-state index in [1.54, 1.807) is 6.07 Å². The fourth-order valence-corrected chi connectivity index (χ4v) is 1.84. The first kappa shape index (κ1) is 16.2. The molecule has 1 aromatic rings. The summed E-state index contributed by atoms with van der Waals surface area (Å²) in [5.74, 6) is -0.836. The second-order valence-electron chi connectivity index (χ2n) is 4.88. The van der Waals surface area contributed by atoms with Gasteiger partial charge in [0.25, 0.3) is 0 Å². The van der Waals surface area contributed by atoms with Gasteiger partial charge in [-0.2, -0.15) is 0 Å². The average molecular weight is 331 g/mol. The second kappa shape index (κ2) is 7.63. The topological polar surface area (TPSA) is 26.3 Å². The van der Waals surface area contributed by atoms with Gasteiger partial charge in [0.05, 0.1) is 7.11 Å². The van der Waals surface area contributed by atoms with Gasteiger partial charge in [0.1, 0.15) is 0 Å². The third-order valence-electron chi connectivity index (χ3n) is 2.65. The van der Waals surface area contributed by atoms with E-state index in [0.717, 1.165) is 11.1 Å². The van der Waals surface area contributed by atoms with Crippen LogP contribution in [0.4, 0.5) is 4.39 Å². The highest BCUT2D eigenvalue weighted by Gasteiger charge is 2.34. The van der Waals surface area contributed by atoms with Crippen LogP contribution in [0.1, 0.15) is 37.3 Å². The van der Waals surface area contributed by atoms with E-state index in [-0.39, 0.29) is 6.42 Å². The van der Waals surface area contributed by atoms with E-state index in [2.05, 4.69) is 20.7 Å². The van der Waals surface area contributed by atoms with Crippen molar-refractivity contribution in [2.24, 2.45) is 0 Å². The number of esters is 1. The van der Waals surface area contributed by atoms with Crippen molar-refractivity contribution in [2.45, 2.75) is 43.6 Å². The lowest BCUT2D eigenvalue weighted by atomic mass is 9.97.